The summed E-state index contributed by atoms with van der Waals surface area (Å²) in [4.78, 5) is 4.76. The molecule has 3 rings (SSSR count). The topological polar surface area (TPSA) is 26.7 Å². The van der Waals surface area contributed by atoms with Crippen molar-refractivity contribution in [3.05, 3.63) is 57.1 Å². The lowest BCUT2D eigenvalue weighted by Crippen LogP contribution is -2.46. The fourth-order valence-electron chi connectivity index (χ4n) is 3.19. The van der Waals surface area contributed by atoms with Gasteiger partial charge in [-0.05, 0) is 43.2 Å². The summed E-state index contributed by atoms with van der Waals surface area (Å²) in [6.45, 7) is 8.78. The van der Waals surface area contributed by atoms with Crippen LogP contribution in [0, 0.1) is 13.8 Å². The molecule has 0 spiro atoms. The second kappa shape index (κ2) is 7.22. The first kappa shape index (κ1) is 17.4. The largest absolute Gasteiger partial charge is 0.506 e. The van der Waals surface area contributed by atoms with Crippen LogP contribution in [0.3, 0.4) is 0 Å². The predicted octanol–water partition coefficient (Wildman–Crippen LogP) is 4.64. The van der Waals surface area contributed by atoms with Crippen molar-refractivity contribution in [3.63, 3.8) is 0 Å². The molecule has 0 radical (unpaired) electrons. The Morgan fingerprint density at radius 1 is 1.00 bits per heavy atom. The van der Waals surface area contributed by atoms with E-state index in [2.05, 4.69) is 41.8 Å². The molecule has 0 amide bonds. The molecule has 0 aliphatic carbocycles. The van der Waals surface area contributed by atoms with Gasteiger partial charge in [0.15, 0.2) is 0 Å². The Labute approximate surface area is 153 Å². The van der Waals surface area contributed by atoms with Gasteiger partial charge in [0, 0.05) is 49.0 Å². The molecule has 24 heavy (non-hydrogen) atoms. The SMILES string of the molecule is Cc1ccc(C)c(N2CCN(Cc3cc(Cl)cc(Cl)c3O)CC2)c1. The maximum absolute atomic E-state index is 10.1. The van der Waals surface area contributed by atoms with E-state index in [1.54, 1.807) is 12.1 Å². The van der Waals surface area contributed by atoms with E-state index in [0.29, 0.717) is 16.6 Å². The molecular weight excluding hydrogens is 343 g/mol. The van der Waals surface area contributed by atoms with Crippen molar-refractivity contribution in [1.82, 2.24) is 4.90 Å². The monoisotopic (exact) mass is 364 g/mol. The molecule has 1 fully saturated rings. The number of anilines is 1. The number of nitrogens with zero attached hydrogens (tertiary/aromatic N) is 2. The zero-order valence-corrected chi connectivity index (χ0v) is 15.5. The van der Waals surface area contributed by atoms with Crippen molar-refractivity contribution in [2.45, 2.75) is 20.4 Å². The minimum atomic E-state index is 0.137. The van der Waals surface area contributed by atoms with Crippen molar-refractivity contribution in [2.75, 3.05) is 31.1 Å². The van der Waals surface area contributed by atoms with Crippen LogP contribution in [0.25, 0.3) is 0 Å². The molecule has 1 heterocycles. The number of phenolic OH excluding ortho intramolecular Hbond substituents is 1. The molecule has 2 aromatic carbocycles. The molecule has 2 aromatic rings. The molecule has 1 saturated heterocycles. The van der Waals surface area contributed by atoms with Crippen molar-refractivity contribution in [3.8, 4) is 5.75 Å². The number of phenols is 1. The standard InChI is InChI=1S/C19H22Cl2N2O/c1-13-3-4-14(2)18(9-13)23-7-5-22(6-8-23)12-15-10-16(20)11-17(21)19(15)24/h3-4,9-11,24H,5-8,12H2,1-2H3. The normalized spacial score (nSPS) is 15.8. The van der Waals surface area contributed by atoms with Gasteiger partial charge in [0.25, 0.3) is 0 Å². The Hall–Kier alpha value is -1.42. The van der Waals surface area contributed by atoms with E-state index in [9.17, 15) is 5.11 Å². The minimum absolute atomic E-state index is 0.137. The number of halogens is 2. The van der Waals surface area contributed by atoms with Gasteiger partial charge >= 0.3 is 0 Å². The highest BCUT2D eigenvalue weighted by Gasteiger charge is 2.20. The van der Waals surface area contributed by atoms with Gasteiger partial charge in [0.1, 0.15) is 5.75 Å². The van der Waals surface area contributed by atoms with Crippen LogP contribution in [0.2, 0.25) is 10.0 Å². The maximum Gasteiger partial charge on any atom is 0.138 e. The Bertz CT molecular complexity index is 740. The van der Waals surface area contributed by atoms with Crippen LogP contribution >= 0.6 is 23.2 Å². The van der Waals surface area contributed by atoms with Gasteiger partial charge in [-0.15, -0.1) is 0 Å². The van der Waals surface area contributed by atoms with Crippen molar-refractivity contribution in [2.24, 2.45) is 0 Å². The van der Waals surface area contributed by atoms with E-state index in [0.717, 1.165) is 31.7 Å². The fourth-order valence-corrected chi connectivity index (χ4v) is 3.72. The summed E-state index contributed by atoms with van der Waals surface area (Å²) < 4.78 is 0. The number of aryl methyl sites for hydroxylation is 2. The summed E-state index contributed by atoms with van der Waals surface area (Å²) in [7, 11) is 0. The van der Waals surface area contributed by atoms with Crippen molar-refractivity contribution >= 4 is 28.9 Å². The molecule has 3 nitrogen and oxygen atoms in total. The predicted molar refractivity (Wildman–Crippen MR) is 102 cm³/mol. The van der Waals surface area contributed by atoms with Gasteiger partial charge < -0.3 is 10.0 Å². The Kier molecular flexibility index (Phi) is 5.24. The summed E-state index contributed by atoms with van der Waals surface area (Å²) in [6, 6.07) is 9.96. The second-order valence-corrected chi connectivity index (χ2v) is 7.29. The van der Waals surface area contributed by atoms with Crippen LogP contribution in [0.4, 0.5) is 5.69 Å². The third-order valence-corrected chi connectivity index (χ3v) is 5.09. The highest BCUT2D eigenvalue weighted by molar-refractivity contribution is 6.35. The van der Waals surface area contributed by atoms with Crippen molar-refractivity contribution < 1.29 is 5.11 Å². The second-order valence-electron chi connectivity index (χ2n) is 6.45. The number of hydrogen-bond acceptors (Lipinski definition) is 3. The lowest BCUT2D eigenvalue weighted by atomic mass is 10.1. The molecule has 0 unspecified atom stereocenters. The third-order valence-electron chi connectivity index (χ3n) is 4.58. The first-order valence-electron chi connectivity index (χ1n) is 8.15. The number of rotatable bonds is 3. The number of hydrogen-bond donors (Lipinski definition) is 1. The quantitative estimate of drug-likeness (QED) is 0.859. The first-order chi connectivity index (χ1) is 11.4. The highest BCUT2D eigenvalue weighted by atomic mass is 35.5. The Morgan fingerprint density at radius 2 is 1.71 bits per heavy atom. The molecule has 0 bridgehead atoms. The molecule has 0 saturated carbocycles. The Morgan fingerprint density at radius 3 is 2.42 bits per heavy atom. The summed E-state index contributed by atoms with van der Waals surface area (Å²) in [5.41, 5.74) is 4.71. The fraction of sp³-hybridized carbons (Fsp3) is 0.368. The van der Waals surface area contributed by atoms with E-state index in [1.165, 1.54) is 16.8 Å². The van der Waals surface area contributed by atoms with Gasteiger partial charge in [-0.25, -0.2) is 0 Å². The van der Waals surface area contributed by atoms with E-state index in [-0.39, 0.29) is 5.75 Å². The van der Waals surface area contributed by atoms with Gasteiger partial charge in [0.05, 0.1) is 5.02 Å². The van der Waals surface area contributed by atoms with Crippen LogP contribution in [0.5, 0.6) is 5.75 Å². The average molecular weight is 365 g/mol. The number of piperazine rings is 1. The van der Waals surface area contributed by atoms with Crippen LogP contribution in [0.15, 0.2) is 30.3 Å². The molecule has 1 aliphatic heterocycles. The summed E-state index contributed by atoms with van der Waals surface area (Å²) in [6.07, 6.45) is 0. The van der Waals surface area contributed by atoms with E-state index in [1.807, 2.05) is 0 Å². The van der Waals surface area contributed by atoms with E-state index >= 15 is 0 Å². The van der Waals surface area contributed by atoms with Gasteiger partial charge in [-0.2, -0.15) is 0 Å². The molecule has 5 heteroatoms. The lowest BCUT2D eigenvalue weighted by molar-refractivity contribution is 0.246. The third kappa shape index (κ3) is 3.80. The van der Waals surface area contributed by atoms with Crippen LogP contribution < -0.4 is 4.90 Å². The van der Waals surface area contributed by atoms with E-state index in [4.69, 9.17) is 23.2 Å². The van der Waals surface area contributed by atoms with Crippen LogP contribution in [-0.2, 0) is 6.54 Å². The zero-order valence-electron chi connectivity index (χ0n) is 14.0. The summed E-state index contributed by atoms with van der Waals surface area (Å²) in [5.74, 6) is 0.137. The molecular formula is C19H22Cl2N2O. The zero-order chi connectivity index (χ0) is 17.3. The van der Waals surface area contributed by atoms with Crippen molar-refractivity contribution in [1.29, 1.82) is 0 Å². The van der Waals surface area contributed by atoms with Gasteiger partial charge in [-0.1, -0.05) is 35.3 Å². The number of benzene rings is 2. The maximum atomic E-state index is 10.1. The minimum Gasteiger partial charge on any atom is -0.506 e. The average Bonchev–Trinajstić information content (AvgIpc) is 2.55. The van der Waals surface area contributed by atoms with Gasteiger partial charge in [-0.3, -0.25) is 4.90 Å². The first-order valence-corrected chi connectivity index (χ1v) is 8.91. The molecule has 0 aromatic heterocycles. The van der Waals surface area contributed by atoms with Crippen LogP contribution in [-0.4, -0.2) is 36.2 Å². The lowest BCUT2D eigenvalue weighted by Gasteiger charge is -2.37. The summed E-state index contributed by atoms with van der Waals surface area (Å²) >= 11 is 12.1. The summed E-state index contributed by atoms with van der Waals surface area (Å²) in [5, 5.41) is 11.0. The smallest absolute Gasteiger partial charge is 0.138 e. The molecule has 1 aliphatic rings. The van der Waals surface area contributed by atoms with E-state index < -0.39 is 0 Å². The van der Waals surface area contributed by atoms with Crippen LogP contribution in [0.1, 0.15) is 16.7 Å². The Balaban J connectivity index is 1.66. The molecule has 128 valence electrons. The molecule has 1 N–H and O–H groups in total. The number of aromatic hydroxyl groups is 1. The molecule has 0 atom stereocenters. The van der Waals surface area contributed by atoms with Gasteiger partial charge in [0.2, 0.25) is 0 Å². The highest BCUT2D eigenvalue weighted by Crippen LogP contribution is 2.32.